The van der Waals surface area contributed by atoms with Gasteiger partial charge in [-0.05, 0) is 64.9 Å². The second kappa shape index (κ2) is 15.4. The number of amides is 1. The molecular weight excluding hydrogens is 574 g/mol. The van der Waals surface area contributed by atoms with Gasteiger partial charge in [0.15, 0.2) is 6.29 Å². The van der Waals surface area contributed by atoms with Crippen LogP contribution in [0.3, 0.4) is 0 Å². The van der Waals surface area contributed by atoms with E-state index in [4.69, 9.17) is 9.47 Å². The molecule has 4 aromatic rings. The van der Waals surface area contributed by atoms with E-state index in [0.29, 0.717) is 18.2 Å². The van der Waals surface area contributed by atoms with Crippen LogP contribution in [0.1, 0.15) is 77.1 Å². The molecular formula is C39H43N3O4. The van der Waals surface area contributed by atoms with Crippen molar-refractivity contribution < 1.29 is 19.4 Å². The molecule has 2 aliphatic rings. The lowest BCUT2D eigenvalue weighted by molar-refractivity contribution is -0.253. The Bertz CT molecular complexity index is 1590. The van der Waals surface area contributed by atoms with Crippen molar-refractivity contribution in [3.05, 3.63) is 138 Å². The van der Waals surface area contributed by atoms with Crippen molar-refractivity contribution in [1.82, 2.24) is 15.2 Å². The molecule has 0 spiro atoms. The van der Waals surface area contributed by atoms with Crippen molar-refractivity contribution in [2.75, 3.05) is 13.1 Å². The fourth-order valence-corrected chi connectivity index (χ4v) is 6.61. The van der Waals surface area contributed by atoms with E-state index in [-0.39, 0.29) is 24.7 Å². The number of hydrogen-bond donors (Lipinski definition) is 2. The number of aromatic nitrogens is 1. The normalized spacial score (nSPS) is 20.1. The number of nitrogens with one attached hydrogen (secondary N) is 1. The first-order valence-corrected chi connectivity index (χ1v) is 16.3. The van der Waals surface area contributed by atoms with Crippen LogP contribution in [0, 0.1) is 0 Å². The summed E-state index contributed by atoms with van der Waals surface area (Å²) in [7, 11) is 0. The van der Waals surface area contributed by atoms with Gasteiger partial charge in [-0.3, -0.25) is 14.7 Å². The van der Waals surface area contributed by atoms with Gasteiger partial charge in [-0.1, -0.05) is 79.6 Å². The zero-order valence-corrected chi connectivity index (χ0v) is 26.3. The van der Waals surface area contributed by atoms with E-state index >= 15 is 0 Å². The van der Waals surface area contributed by atoms with Gasteiger partial charge in [0.1, 0.15) is 0 Å². The Labute approximate surface area is 271 Å². The van der Waals surface area contributed by atoms with Crippen molar-refractivity contribution in [1.29, 1.82) is 0 Å². The predicted octanol–water partition coefficient (Wildman–Crippen LogP) is 7.15. The third-order valence-electron chi connectivity index (χ3n) is 9.05. The van der Waals surface area contributed by atoms with E-state index in [2.05, 4.69) is 64.2 Å². The third kappa shape index (κ3) is 7.98. The molecule has 238 valence electrons. The Balaban J connectivity index is 1.21. The maximum atomic E-state index is 12.6. The molecule has 46 heavy (non-hydrogen) atoms. The zero-order valence-electron chi connectivity index (χ0n) is 26.3. The summed E-state index contributed by atoms with van der Waals surface area (Å²) in [5.74, 6) is -0.151. The van der Waals surface area contributed by atoms with E-state index in [0.717, 1.165) is 52.9 Å². The average molecular weight is 618 g/mol. The zero-order chi connectivity index (χ0) is 31.7. The molecule has 1 amide bonds. The van der Waals surface area contributed by atoms with Crippen LogP contribution in [0.25, 0.3) is 11.1 Å². The number of aliphatic hydroxyl groups excluding tert-OH is 1. The molecule has 0 radical (unpaired) electrons. The molecule has 3 aromatic carbocycles. The average Bonchev–Trinajstić information content (AvgIpc) is 3.66. The highest BCUT2D eigenvalue weighted by atomic mass is 16.7. The molecule has 7 heteroatoms. The number of nitrogens with zero attached hydrogens (tertiary/aromatic N) is 2. The molecule has 3 atom stereocenters. The highest BCUT2D eigenvalue weighted by Crippen LogP contribution is 2.39. The highest BCUT2D eigenvalue weighted by Gasteiger charge is 2.34. The summed E-state index contributed by atoms with van der Waals surface area (Å²) >= 11 is 0. The van der Waals surface area contributed by atoms with Crippen LogP contribution in [-0.4, -0.2) is 46.1 Å². The minimum atomic E-state index is -0.530. The van der Waals surface area contributed by atoms with Crippen LogP contribution < -0.4 is 5.32 Å². The second-order valence-corrected chi connectivity index (χ2v) is 12.3. The molecule has 1 aliphatic heterocycles. The lowest BCUT2D eigenvalue weighted by atomic mass is 9.98. The van der Waals surface area contributed by atoms with Gasteiger partial charge in [0.2, 0.25) is 0 Å². The number of benzene rings is 3. The largest absolute Gasteiger partial charge is 0.392 e. The van der Waals surface area contributed by atoms with E-state index in [1.807, 2.05) is 36.4 Å². The van der Waals surface area contributed by atoms with Crippen LogP contribution in [0.5, 0.6) is 0 Å². The molecule has 1 saturated carbocycles. The number of ether oxygens (including phenoxy) is 2. The Hall–Kier alpha value is -4.14. The summed E-state index contributed by atoms with van der Waals surface area (Å²) in [6, 6.07) is 28.7. The number of aliphatic hydroxyl groups is 1. The van der Waals surface area contributed by atoms with Gasteiger partial charge in [-0.15, -0.1) is 6.58 Å². The number of hydrogen-bond acceptors (Lipinski definition) is 6. The van der Waals surface area contributed by atoms with E-state index in [9.17, 15) is 9.90 Å². The molecule has 1 saturated heterocycles. The smallest absolute Gasteiger partial charge is 0.253 e. The Morgan fingerprint density at radius 1 is 0.935 bits per heavy atom. The molecule has 2 heterocycles. The maximum absolute atomic E-state index is 12.6. The van der Waals surface area contributed by atoms with Crippen molar-refractivity contribution in [3.8, 4) is 11.1 Å². The Kier molecular flexibility index (Phi) is 10.7. The Morgan fingerprint density at radius 3 is 2.46 bits per heavy atom. The monoisotopic (exact) mass is 617 g/mol. The van der Waals surface area contributed by atoms with Gasteiger partial charge >= 0.3 is 0 Å². The van der Waals surface area contributed by atoms with Gasteiger partial charge in [0, 0.05) is 50.1 Å². The number of carbonyl (C=O) groups excluding carboxylic acids is 1. The van der Waals surface area contributed by atoms with Crippen LogP contribution in [0.2, 0.25) is 0 Å². The number of rotatable bonds is 12. The summed E-state index contributed by atoms with van der Waals surface area (Å²) in [5, 5.41) is 12.6. The summed E-state index contributed by atoms with van der Waals surface area (Å²) in [4.78, 5) is 19.1. The lowest BCUT2D eigenvalue weighted by Crippen LogP contribution is -2.43. The molecule has 2 fully saturated rings. The summed E-state index contributed by atoms with van der Waals surface area (Å²) in [5.41, 5.74) is 6.58. The van der Waals surface area contributed by atoms with E-state index in [1.54, 1.807) is 24.5 Å². The van der Waals surface area contributed by atoms with Gasteiger partial charge in [-0.2, -0.15) is 0 Å². The van der Waals surface area contributed by atoms with Crippen molar-refractivity contribution in [2.24, 2.45) is 0 Å². The maximum Gasteiger partial charge on any atom is 0.253 e. The fourth-order valence-electron chi connectivity index (χ4n) is 6.61. The first-order chi connectivity index (χ1) is 22.6. The topological polar surface area (TPSA) is 83.9 Å². The minimum absolute atomic E-state index is 0.0165. The van der Waals surface area contributed by atoms with Crippen LogP contribution in [0.15, 0.2) is 110 Å². The van der Waals surface area contributed by atoms with Gasteiger partial charge < -0.3 is 19.9 Å². The predicted molar refractivity (Wildman–Crippen MR) is 180 cm³/mol. The highest BCUT2D eigenvalue weighted by molar-refractivity contribution is 5.93. The summed E-state index contributed by atoms with van der Waals surface area (Å²) in [6.45, 7) is 6.14. The van der Waals surface area contributed by atoms with Crippen molar-refractivity contribution in [2.45, 2.75) is 69.8 Å². The van der Waals surface area contributed by atoms with Gasteiger partial charge in [0.25, 0.3) is 5.91 Å². The van der Waals surface area contributed by atoms with Gasteiger partial charge in [-0.25, -0.2) is 0 Å². The molecule has 1 aliphatic carbocycles. The quantitative estimate of drug-likeness (QED) is 0.164. The van der Waals surface area contributed by atoms with Crippen LogP contribution >= 0.6 is 0 Å². The molecule has 0 unspecified atom stereocenters. The lowest BCUT2D eigenvalue weighted by Gasteiger charge is -2.39. The SMILES string of the molecule is C=CCN(C[C@H]1C[C@@H](c2ccc(CO)cc2)O[C@@H](c2cccc(-c3cccc(CNC(=O)c4cccnc4)c3)c2)O1)C1CCCC1. The molecule has 2 N–H and O–H groups in total. The molecule has 7 nitrogen and oxygen atoms in total. The van der Waals surface area contributed by atoms with Crippen LogP contribution in [-0.2, 0) is 22.6 Å². The van der Waals surface area contributed by atoms with Crippen LogP contribution in [0.4, 0.5) is 0 Å². The molecule has 6 rings (SSSR count). The molecule has 1 aromatic heterocycles. The first-order valence-electron chi connectivity index (χ1n) is 16.3. The summed E-state index contributed by atoms with van der Waals surface area (Å²) < 4.78 is 13.4. The first kappa shape index (κ1) is 31.8. The standard InChI is InChI=1S/C39H43N3O4/c1-2-20-42(35-13-3-4-14-35)26-36-23-37(30-17-15-28(27-43)16-18-30)46-39(45-36)33-11-6-10-32(22-33)31-9-5-8-29(21-31)24-41-38(44)34-12-7-19-40-25-34/h2,5-12,15-19,21-22,25,35-37,39,43H,1,3-4,13-14,20,23-24,26-27H2,(H,41,44)/t36-,37+,39+/m1/s1. The third-order valence-corrected chi connectivity index (χ3v) is 9.05. The van der Waals surface area contributed by atoms with Crippen molar-refractivity contribution >= 4 is 5.91 Å². The number of pyridine rings is 1. The number of carbonyl (C=O) groups is 1. The van der Waals surface area contributed by atoms with Crippen molar-refractivity contribution in [3.63, 3.8) is 0 Å². The second-order valence-electron chi connectivity index (χ2n) is 12.3. The van der Waals surface area contributed by atoms with E-state index in [1.165, 1.54) is 25.7 Å². The van der Waals surface area contributed by atoms with E-state index < -0.39 is 6.29 Å². The fraction of sp³-hybridized carbons (Fsp3) is 0.333. The Morgan fingerprint density at radius 2 is 1.72 bits per heavy atom. The minimum Gasteiger partial charge on any atom is -0.392 e. The summed E-state index contributed by atoms with van der Waals surface area (Å²) in [6.07, 6.45) is 10.3. The van der Waals surface area contributed by atoms with Gasteiger partial charge in [0.05, 0.1) is 24.4 Å². The molecule has 0 bridgehead atoms.